The van der Waals surface area contributed by atoms with E-state index >= 15 is 0 Å². The van der Waals surface area contributed by atoms with E-state index in [0.29, 0.717) is 10.8 Å². The molecule has 0 amide bonds. The molecule has 0 radical (unpaired) electrons. The molecule has 0 saturated heterocycles. The van der Waals surface area contributed by atoms with Gasteiger partial charge in [-0.15, -0.1) is 0 Å². The molecule has 1 N–H and O–H groups in total. The summed E-state index contributed by atoms with van der Waals surface area (Å²) in [5.74, 6) is -0.575. The zero-order chi connectivity index (χ0) is 9.20. The van der Waals surface area contributed by atoms with Crippen molar-refractivity contribution in [3.05, 3.63) is 0 Å². The fourth-order valence-corrected chi connectivity index (χ4v) is 2.81. The standard InChI is InChI=1S/C10H16O2/c1-8(2,3)10-4-9(5-10,6-10)7(11)12/h4-6H2,1-3H3,(H,11,12). The summed E-state index contributed by atoms with van der Waals surface area (Å²) in [6.07, 6.45) is 2.75. The molecule has 0 aromatic heterocycles. The molecule has 2 bridgehead atoms. The Morgan fingerprint density at radius 3 is 1.92 bits per heavy atom. The van der Waals surface area contributed by atoms with E-state index < -0.39 is 5.97 Å². The van der Waals surface area contributed by atoms with Crippen LogP contribution in [-0.2, 0) is 4.79 Å². The summed E-state index contributed by atoms with van der Waals surface area (Å²) in [7, 11) is 0. The third kappa shape index (κ3) is 0.644. The smallest absolute Gasteiger partial charge is 0.309 e. The summed E-state index contributed by atoms with van der Waals surface area (Å²) in [6.45, 7) is 6.66. The van der Waals surface area contributed by atoms with Gasteiger partial charge in [-0.25, -0.2) is 0 Å². The fourth-order valence-electron chi connectivity index (χ4n) is 2.81. The van der Waals surface area contributed by atoms with Gasteiger partial charge in [0.2, 0.25) is 0 Å². The van der Waals surface area contributed by atoms with Gasteiger partial charge in [-0.2, -0.15) is 0 Å². The third-order valence-corrected chi connectivity index (χ3v) is 4.07. The molecule has 0 aromatic carbocycles. The van der Waals surface area contributed by atoms with Gasteiger partial charge in [-0.05, 0) is 30.1 Å². The molecule has 3 fully saturated rings. The zero-order valence-corrected chi connectivity index (χ0v) is 7.98. The van der Waals surface area contributed by atoms with Crippen LogP contribution >= 0.6 is 0 Å². The van der Waals surface area contributed by atoms with Gasteiger partial charge in [-0.1, -0.05) is 20.8 Å². The highest BCUT2D eigenvalue weighted by Crippen LogP contribution is 2.79. The van der Waals surface area contributed by atoms with E-state index in [-0.39, 0.29) is 5.41 Å². The molecule has 0 spiro atoms. The van der Waals surface area contributed by atoms with E-state index in [9.17, 15) is 4.79 Å². The third-order valence-electron chi connectivity index (χ3n) is 4.07. The minimum Gasteiger partial charge on any atom is -0.481 e. The van der Waals surface area contributed by atoms with Crippen molar-refractivity contribution in [1.82, 2.24) is 0 Å². The Kier molecular flexibility index (Phi) is 1.15. The van der Waals surface area contributed by atoms with Crippen LogP contribution < -0.4 is 0 Å². The lowest BCUT2D eigenvalue weighted by Crippen LogP contribution is -2.69. The summed E-state index contributed by atoms with van der Waals surface area (Å²) < 4.78 is 0. The summed E-state index contributed by atoms with van der Waals surface area (Å²) in [6, 6.07) is 0. The Hall–Kier alpha value is -0.530. The average Bonchev–Trinajstić information content (AvgIpc) is 1.46. The molecule has 68 valence electrons. The van der Waals surface area contributed by atoms with Crippen LogP contribution in [0, 0.1) is 16.2 Å². The van der Waals surface area contributed by atoms with Gasteiger partial charge >= 0.3 is 5.97 Å². The van der Waals surface area contributed by atoms with Gasteiger partial charge in [-0.3, -0.25) is 4.79 Å². The molecule has 2 heteroatoms. The van der Waals surface area contributed by atoms with Crippen molar-refractivity contribution in [1.29, 1.82) is 0 Å². The average molecular weight is 168 g/mol. The first-order valence-electron chi connectivity index (χ1n) is 4.55. The van der Waals surface area contributed by atoms with Crippen LogP contribution in [0.5, 0.6) is 0 Å². The molecule has 3 aliphatic carbocycles. The summed E-state index contributed by atoms with van der Waals surface area (Å²) >= 11 is 0. The number of aliphatic carboxylic acids is 1. The molecule has 2 nitrogen and oxygen atoms in total. The fraction of sp³-hybridized carbons (Fsp3) is 0.900. The normalized spacial score (nSPS) is 44.6. The Morgan fingerprint density at radius 2 is 1.67 bits per heavy atom. The van der Waals surface area contributed by atoms with E-state index in [4.69, 9.17) is 5.11 Å². The van der Waals surface area contributed by atoms with Crippen molar-refractivity contribution in [3.8, 4) is 0 Å². The van der Waals surface area contributed by atoms with Gasteiger partial charge in [0.15, 0.2) is 0 Å². The second kappa shape index (κ2) is 1.70. The second-order valence-corrected chi connectivity index (χ2v) is 5.65. The van der Waals surface area contributed by atoms with Crippen LogP contribution in [0.1, 0.15) is 40.0 Å². The van der Waals surface area contributed by atoms with Crippen LogP contribution in [0.25, 0.3) is 0 Å². The van der Waals surface area contributed by atoms with Crippen molar-refractivity contribution < 1.29 is 9.90 Å². The molecule has 0 heterocycles. The molecule has 0 atom stereocenters. The lowest BCUT2D eigenvalue weighted by atomic mass is 9.29. The molecule has 0 aromatic rings. The molecule has 3 rings (SSSR count). The molecule has 0 aliphatic heterocycles. The van der Waals surface area contributed by atoms with E-state index in [2.05, 4.69) is 20.8 Å². The predicted molar refractivity (Wildman–Crippen MR) is 45.8 cm³/mol. The van der Waals surface area contributed by atoms with Gasteiger partial charge in [0, 0.05) is 0 Å². The number of carbonyl (C=O) groups is 1. The summed E-state index contributed by atoms with van der Waals surface area (Å²) in [4.78, 5) is 10.8. The Bertz CT molecular complexity index is 227. The van der Waals surface area contributed by atoms with Gasteiger partial charge in [0.1, 0.15) is 0 Å². The van der Waals surface area contributed by atoms with E-state index in [1.54, 1.807) is 0 Å². The van der Waals surface area contributed by atoms with Crippen LogP contribution in [-0.4, -0.2) is 11.1 Å². The predicted octanol–water partition coefficient (Wildman–Crippen LogP) is 2.29. The van der Waals surface area contributed by atoms with Gasteiger partial charge in [0.25, 0.3) is 0 Å². The van der Waals surface area contributed by atoms with Crippen molar-refractivity contribution in [2.24, 2.45) is 16.2 Å². The van der Waals surface area contributed by atoms with Gasteiger partial charge in [0.05, 0.1) is 5.41 Å². The number of carboxylic acid groups (broad SMARTS) is 1. The minimum absolute atomic E-state index is 0.296. The lowest BCUT2D eigenvalue weighted by molar-refractivity contribution is -0.259. The van der Waals surface area contributed by atoms with E-state index in [1.165, 1.54) is 0 Å². The van der Waals surface area contributed by atoms with Crippen molar-refractivity contribution in [2.75, 3.05) is 0 Å². The first-order chi connectivity index (χ1) is 5.31. The molecule has 3 aliphatic rings. The maximum absolute atomic E-state index is 10.8. The van der Waals surface area contributed by atoms with E-state index in [1.807, 2.05) is 0 Å². The van der Waals surface area contributed by atoms with Crippen molar-refractivity contribution in [2.45, 2.75) is 40.0 Å². The highest BCUT2D eigenvalue weighted by atomic mass is 16.4. The number of carboxylic acids is 1. The largest absolute Gasteiger partial charge is 0.481 e. The maximum atomic E-state index is 10.8. The van der Waals surface area contributed by atoms with E-state index in [0.717, 1.165) is 19.3 Å². The Balaban J connectivity index is 2.09. The molecule has 3 saturated carbocycles. The Morgan fingerprint density at radius 1 is 1.25 bits per heavy atom. The Labute approximate surface area is 73.0 Å². The van der Waals surface area contributed by atoms with Crippen LogP contribution in [0.3, 0.4) is 0 Å². The second-order valence-electron chi connectivity index (χ2n) is 5.65. The monoisotopic (exact) mass is 168 g/mol. The first kappa shape index (κ1) is 8.09. The molecular formula is C10H16O2. The SMILES string of the molecule is CC(C)(C)C12CC(C(=O)O)(C1)C2. The number of hydrogen-bond donors (Lipinski definition) is 1. The maximum Gasteiger partial charge on any atom is 0.309 e. The molecule has 12 heavy (non-hydrogen) atoms. The number of hydrogen-bond acceptors (Lipinski definition) is 1. The summed E-state index contributed by atoms with van der Waals surface area (Å²) in [5.41, 5.74) is 0.364. The molecular weight excluding hydrogens is 152 g/mol. The number of rotatable bonds is 1. The zero-order valence-electron chi connectivity index (χ0n) is 7.98. The van der Waals surface area contributed by atoms with Crippen LogP contribution in [0.15, 0.2) is 0 Å². The minimum atomic E-state index is -0.575. The topological polar surface area (TPSA) is 37.3 Å². The highest BCUT2D eigenvalue weighted by molar-refractivity contribution is 5.79. The quantitative estimate of drug-likeness (QED) is 0.652. The van der Waals surface area contributed by atoms with Crippen molar-refractivity contribution >= 4 is 5.97 Å². The lowest BCUT2D eigenvalue weighted by Gasteiger charge is -2.73. The van der Waals surface area contributed by atoms with Gasteiger partial charge < -0.3 is 5.11 Å². The van der Waals surface area contributed by atoms with Crippen LogP contribution in [0.4, 0.5) is 0 Å². The van der Waals surface area contributed by atoms with Crippen molar-refractivity contribution in [3.63, 3.8) is 0 Å². The highest BCUT2D eigenvalue weighted by Gasteiger charge is 2.74. The first-order valence-corrected chi connectivity index (χ1v) is 4.55. The summed E-state index contributed by atoms with van der Waals surface area (Å²) in [5, 5.41) is 8.91. The van der Waals surface area contributed by atoms with Crippen LogP contribution in [0.2, 0.25) is 0 Å². The molecule has 0 unspecified atom stereocenters.